The summed E-state index contributed by atoms with van der Waals surface area (Å²) in [4.78, 5) is 20.5. The molecule has 1 amide bonds. The maximum Gasteiger partial charge on any atom is 0.236 e. The summed E-state index contributed by atoms with van der Waals surface area (Å²) in [6, 6.07) is 9.97. The highest BCUT2D eigenvalue weighted by Gasteiger charge is 2.09. The van der Waals surface area contributed by atoms with Gasteiger partial charge >= 0.3 is 0 Å². The van der Waals surface area contributed by atoms with E-state index in [9.17, 15) is 4.79 Å². The monoisotopic (exact) mass is 329 g/mol. The number of anilines is 1. The van der Waals surface area contributed by atoms with Crippen LogP contribution in [0.3, 0.4) is 0 Å². The van der Waals surface area contributed by atoms with Crippen LogP contribution in [0.1, 0.15) is 11.1 Å². The highest BCUT2D eigenvalue weighted by atomic mass is 32.2. The summed E-state index contributed by atoms with van der Waals surface area (Å²) >= 11 is 3.09. The van der Waals surface area contributed by atoms with Crippen LogP contribution in [-0.4, -0.2) is 21.6 Å². The SMILES string of the molecule is Cc1cccc2sc(NC(=O)CSCc3ccncc3)nc12. The van der Waals surface area contributed by atoms with E-state index in [4.69, 9.17) is 0 Å². The standard InChI is InChI=1S/C16H15N3OS2/c1-11-3-2-4-13-15(11)19-16(22-13)18-14(20)10-21-9-12-5-7-17-8-6-12/h2-8H,9-10H2,1H3,(H,18,19,20). The number of hydrogen-bond acceptors (Lipinski definition) is 5. The van der Waals surface area contributed by atoms with E-state index in [0.29, 0.717) is 10.9 Å². The molecule has 0 fully saturated rings. The molecule has 0 saturated heterocycles. The average Bonchev–Trinajstić information content (AvgIpc) is 2.92. The Labute approximate surface area is 137 Å². The summed E-state index contributed by atoms with van der Waals surface area (Å²) in [5, 5.41) is 3.55. The van der Waals surface area contributed by atoms with Gasteiger partial charge < -0.3 is 5.32 Å². The summed E-state index contributed by atoms with van der Waals surface area (Å²) in [7, 11) is 0. The third-order valence-corrected chi connectivity index (χ3v) is 5.06. The largest absolute Gasteiger partial charge is 0.301 e. The number of amides is 1. The van der Waals surface area contributed by atoms with E-state index in [-0.39, 0.29) is 5.91 Å². The number of para-hydroxylation sites is 1. The Morgan fingerprint density at radius 1 is 1.27 bits per heavy atom. The van der Waals surface area contributed by atoms with Crippen molar-refractivity contribution in [1.29, 1.82) is 0 Å². The Kier molecular flexibility index (Phi) is 4.70. The van der Waals surface area contributed by atoms with E-state index in [2.05, 4.69) is 15.3 Å². The smallest absolute Gasteiger partial charge is 0.236 e. The molecule has 0 atom stereocenters. The van der Waals surface area contributed by atoms with Crippen LogP contribution in [0.25, 0.3) is 10.2 Å². The summed E-state index contributed by atoms with van der Waals surface area (Å²) in [6.07, 6.45) is 3.53. The molecule has 0 radical (unpaired) electrons. The Hall–Kier alpha value is -1.92. The number of benzene rings is 1. The van der Waals surface area contributed by atoms with Gasteiger partial charge in [0.2, 0.25) is 5.91 Å². The van der Waals surface area contributed by atoms with Crippen molar-refractivity contribution in [2.24, 2.45) is 0 Å². The van der Waals surface area contributed by atoms with Gasteiger partial charge in [0, 0.05) is 18.1 Å². The molecule has 0 unspecified atom stereocenters. The Balaban J connectivity index is 1.55. The molecular weight excluding hydrogens is 314 g/mol. The molecule has 2 heterocycles. The van der Waals surface area contributed by atoms with Crippen LogP contribution in [0, 0.1) is 6.92 Å². The molecule has 0 aliphatic rings. The number of thioether (sulfide) groups is 1. The first-order valence-electron chi connectivity index (χ1n) is 6.85. The normalized spacial score (nSPS) is 10.8. The van der Waals surface area contributed by atoms with Crippen LogP contribution in [0.5, 0.6) is 0 Å². The number of pyridine rings is 1. The Bertz CT molecular complexity index is 786. The molecule has 1 aromatic carbocycles. The molecule has 3 rings (SSSR count). The number of nitrogens with one attached hydrogen (secondary N) is 1. The second kappa shape index (κ2) is 6.89. The number of fused-ring (bicyclic) bond motifs is 1. The quantitative estimate of drug-likeness (QED) is 0.772. The van der Waals surface area contributed by atoms with Crippen LogP contribution < -0.4 is 5.32 Å². The van der Waals surface area contributed by atoms with Crippen molar-refractivity contribution < 1.29 is 4.79 Å². The van der Waals surface area contributed by atoms with Crippen molar-refractivity contribution in [2.45, 2.75) is 12.7 Å². The molecule has 0 spiro atoms. The van der Waals surface area contributed by atoms with Gasteiger partial charge in [-0.3, -0.25) is 9.78 Å². The van der Waals surface area contributed by atoms with Crippen molar-refractivity contribution in [2.75, 3.05) is 11.1 Å². The fourth-order valence-electron chi connectivity index (χ4n) is 2.04. The summed E-state index contributed by atoms with van der Waals surface area (Å²) in [6.45, 7) is 2.03. The van der Waals surface area contributed by atoms with E-state index in [1.807, 2.05) is 37.3 Å². The molecule has 22 heavy (non-hydrogen) atoms. The third kappa shape index (κ3) is 3.64. The van der Waals surface area contributed by atoms with Crippen molar-refractivity contribution in [3.8, 4) is 0 Å². The van der Waals surface area contributed by atoms with Gasteiger partial charge in [0.25, 0.3) is 0 Å². The van der Waals surface area contributed by atoms with Gasteiger partial charge in [-0.2, -0.15) is 0 Å². The molecule has 2 aromatic heterocycles. The van der Waals surface area contributed by atoms with E-state index in [0.717, 1.165) is 21.5 Å². The minimum Gasteiger partial charge on any atom is -0.301 e. The van der Waals surface area contributed by atoms with Crippen LogP contribution in [0.15, 0.2) is 42.7 Å². The van der Waals surface area contributed by atoms with Crippen molar-refractivity contribution in [3.63, 3.8) is 0 Å². The molecule has 0 bridgehead atoms. The molecule has 3 aromatic rings. The summed E-state index contributed by atoms with van der Waals surface area (Å²) < 4.78 is 1.10. The topological polar surface area (TPSA) is 54.9 Å². The fourth-order valence-corrected chi connectivity index (χ4v) is 3.78. The highest BCUT2D eigenvalue weighted by Crippen LogP contribution is 2.27. The maximum atomic E-state index is 12.0. The number of carbonyl (C=O) groups excluding carboxylic acids is 1. The lowest BCUT2D eigenvalue weighted by atomic mass is 10.2. The zero-order valence-corrected chi connectivity index (χ0v) is 13.7. The van der Waals surface area contributed by atoms with Gasteiger partial charge in [-0.05, 0) is 36.2 Å². The van der Waals surface area contributed by atoms with Gasteiger partial charge in [-0.25, -0.2) is 4.98 Å². The molecule has 112 valence electrons. The number of aryl methyl sites for hydroxylation is 1. The highest BCUT2D eigenvalue weighted by molar-refractivity contribution is 7.99. The molecule has 0 aliphatic carbocycles. The van der Waals surface area contributed by atoms with Crippen molar-refractivity contribution in [3.05, 3.63) is 53.9 Å². The minimum absolute atomic E-state index is 0.0178. The van der Waals surface area contributed by atoms with Gasteiger partial charge in [-0.15, -0.1) is 11.8 Å². The van der Waals surface area contributed by atoms with Gasteiger partial charge in [0.15, 0.2) is 5.13 Å². The first-order valence-corrected chi connectivity index (χ1v) is 8.82. The zero-order valence-electron chi connectivity index (χ0n) is 12.1. The summed E-state index contributed by atoms with van der Waals surface area (Å²) in [5.74, 6) is 1.20. The fraction of sp³-hybridized carbons (Fsp3) is 0.188. The predicted molar refractivity (Wildman–Crippen MR) is 93.4 cm³/mol. The van der Waals surface area contributed by atoms with E-state index < -0.39 is 0 Å². The lowest BCUT2D eigenvalue weighted by molar-refractivity contribution is -0.113. The average molecular weight is 329 g/mol. The molecular formula is C16H15N3OS2. The van der Waals surface area contributed by atoms with Gasteiger partial charge in [0.1, 0.15) is 0 Å². The van der Waals surface area contributed by atoms with E-state index in [1.54, 1.807) is 24.2 Å². The zero-order chi connectivity index (χ0) is 15.4. The second-order valence-electron chi connectivity index (χ2n) is 4.84. The predicted octanol–water partition coefficient (Wildman–Crippen LogP) is 3.87. The van der Waals surface area contributed by atoms with E-state index >= 15 is 0 Å². The van der Waals surface area contributed by atoms with E-state index in [1.165, 1.54) is 16.9 Å². The lowest BCUT2D eigenvalue weighted by Crippen LogP contribution is -2.13. The number of thiazole rings is 1. The molecule has 6 heteroatoms. The second-order valence-corrected chi connectivity index (χ2v) is 6.85. The number of nitrogens with zero attached hydrogens (tertiary/aromatic N) is 2. The Morgan fingerprint density at radius 3 is 2.86 bits per heavy atom. The first kappa shape index (κ1) is 15.0. The maximum absolute atomic E-state index is 12.0. The number of rotatable bonds is 5. The van der Waals surface area contributed by atoms with Crippen LogP contribution in [-0.2, 0) is 10.5 Å². The van der Waals surface area contributed by atoms with Crippen LogP contribution >= 0.6 is 23.1 Å². The number of carbonyl (C=O) groups is 1. The van der Waals surface area contributed by atoms with Crippen LogP contribution in [0.4, 0.5) is 5.13 Å². The minimum atomic E-state index is -0.0178. The molecule has 0 aliphatic heterocycles. The Morgan fingerprint density at radius 2 is 2.09 bits per heavy atom. The molecule has 0 saturated carbocycles. The van der Waals surface area contributed by atoms with Crippen molar-refractivity contribution in [1.82, 2.24) is 9.97 Å². The van der Waals surface area contributed by atoms with Crippen molar-refractivity contribution >= 4 is 44.4 Å². The summed E-state index contributed by atoms with van der Waals surface area (Å²) in [5.41, 5.74) is 3.26. The first-order chi connectivity index (χ1) is 10.7. The lowest BCUT2D eigenvalue weighted by Gasteiger charge is -2.02. The van der Waals surface area contributed by atoms with Gasteiger partial charge in [-0.1, -0.05) is 23.5 Å². The third-order valence-electron chi connectivity index (χ3n) is 3.12. The van der Waals surface area contributed by atoms with Gasteiger partial charge in [0.05, 0.1) is 16.0 Å². The molecule has 4 nitrogen and oxygen atoms in total. The molecule has 1 N–H and O–H groups in total. The number of aromatic nitrogens is 2. The number of hydrogen-bond donors (Lipinski definition) is 1. The van der Waals surface area contributed by atoms with Crippen LogP contribution in [0.2, 0.25) is 0 Å².